The summed E-state index contributed by atoms with van der Waals surface area (Å²) in [6.45, 7) is 2.04. The van der Waals surface area contributed by atoms with E-state index >= 15 is 0 Å². The molecule has 2 atom stereocenters. The summed E-state index contributed by atoms with van der Waals surface area (Å²) >= 11 is 5.92. The average Bonchev–Trinajstić information content (AvgIpc) is 3.19. The molecule has 0 bridgehead atoms. The van der Waals surface area contributed by atoms with Crippen molar-refractivity contribution in [3.05, 3.63) is 40.6 Å². The van der Waals surface area contributed by atoms with Crippen molar-refractivity contribution in [3.8, 4) is 5.75 Å². The van der Waals surface area contributed by atoms with Gasteiger partial charge in [-0.05, 0) is 25.3 Å². The molecule has 4 heteroatoms. The fourth-order valence-electron chi connectivity index (χ4n) is 2.53. The molecular formula is C15H16ClNO2. The zero-order chi connectivity index (χ0) is 13.4. The van der Waals surface area contributed by atoms with Crippen molar-refractivity contribution < 1.29 is 9.47 Å². The number of hydrogen-bond donors (Lipinski definition) is 0. The number of nitrogens with zero attached hydrogens (tertiary/aromatic N) is 1. The number of aryl methyl sites for hydroxylation is 1. The highest BCUT2D eigenvalue weighted by molar-refractivity contribution is 6.30. The highest BCUT2D eigenvalue weighted by Gasteiger charge is 2.45. The van der Waals surface area contributed by atoms with Crippen molar-refractivity contribution >= 4 is 17.3 Å². The maximum atomic E-state index is 5.92. The van der Waals surface area contributed by atoms with Gasteiger partial charge in [-0.2, -0.15) is 0 Å². The Morgan fingerprint density at radius 1 is 1.32 bits per heavy atom. The number of aliphatic imine (C=N–C) groups is 1. The van der Waals surface area contributed by atoms with E-state index in [1.807, 2.05) is 19.1 Å². The van der Waals surface area contributed by atoms with Crippen LogP contribution in [0.3, 0.4) is 0 Å². The monoisotopic (exact) mass is 277 g/mol. The van der Waals surface area contributed by atoms with Gasteiger partial charge in [0.2, 0.25) is 0 Å². The highest BCUT2D eigenvalue weighted by atomic mass is 35.5. The first-order valence-corrected chi connectivity index (χ1v) is 6.78. The fraction of sp³-hybridized carbons (Fsp3) is 0.400. The van der Waals surface area contributed by atoms with Crippen LogP contribution in [0.15, 0.2) is 34.4 Å². The van der Waals surface area contributed by atoms with Crippen LogP contribution in [0.25, 0.3) is 0 Å². The quantitative estimate of drug-likeness (QED) is 0.789. The third-order valence-corrected chi connectivity index (χ3v) is 3.85. The number of hydrogen-bond acceptors (Lipinski definition) is 3. The van der Waals surface area contributed by atoms with Crippen molar-refractivity contribution in [2.24, 2.45) is 4.99 Å². The van der Waals surface area contributed by atoms with E-state index in [1.54, 1.807) is 13.3 Å². The van der Waals surface area contributed by atoms with Crippen LogP contribution in [-0.2, 0) is 4.74 Å². The van der Waals surface area contributed by atoms with Crippen LogP contribution < -0.4 is 4.74 Å². The predicted octanol–water partition coefficient (Wildman–Crippen LogP) is 3.76. The second-order valence-electron chi connectivity index (χ2n) is 4.87. The van der Waals surface area contributed by atoms with Gasteiger partial charge in [-0.25, -0.2) is 0 Å². The number of ether oxygens (including phenoxy) is 2. The lowest BCUT2D eigenvalue weighted by atomic mass is 10.0. The van der Waals surface area contributed by atoms with Gasteiger partial charge in [0.1, 0.15) is 18.0 Å². The Bertz CT molecular complexity index is 565. The first kappa shape index (κ1) is 12.7. The van der Waals surface area contributed by atoms with Gasteiger partial charge in [0.15, 0.2) is 0 Å². The fourth-order valence-corrected chi connectivity index (χ4v) is 2.67. The van der Waals surface area contributed by atoms with Crippen LogP contribution in [0.5, 0.6) is 5.75 Å². The first-order chi connectivity index (χ1) is 9.20. The van der Waals surface area contributed by atoms with Crippen LogP contribution in [0.4, 0.5) is 0 Å². The SMILES string of the molecule is COc1c(C)cccc1C1OC1C1=NC=C(Cl)CC1. The molecule has 2 aliphatic rings. The van der Waals surface area contributed by atoms with E-state index in [9.17, 15) is 0 Å². The molecule has 0 radical (unpaired) electrons. The van der Waals surface area contributed by atoms with Gasteiger partial charge < -0.3 is 9.47 Å². The van der Waals surface area contributed by atoms with Crippen LogP contribution in [0, 0.1) is 6.92 Å². The number of epoxide rings is 1. The minimum absolute atomic E-state index is 0.0684. The minimum atomic E-state index is 0.0684. The molecule has 1 aromatic carbocycles. The second kappa shape index (κ2) is 4.99. The van der Waals surface area contributed by atoms with E-state index in [1.165, 1.54) is 0 Å². The summed E-state index contributed by atoms with van der Waals surface area (Å²) in [6.07, 6.45) is 3.62. The maximum absolute atomic E-state index is 5.92. The Kier molecular flexibility index (Phi) is 3.33. The molecule has 2 aliphatic heterocycles. The Morgan fingerprint density at radius 2 is 2.16 bits per heavy atom. The summed E-state index contributed by atoms with van der Waals surface area (Å²) in [4.78, 5) is 4.38. The van der Waals surface area contributed by atoms with Crippen LogP contribution in [0.2, 0.25) is 0 Å². The van der Waals surface area contributed by atoms with Gasteiger partial charge in [-0.1, -0.05) is 29.8 Å². The molecule has 0 spiro atoms. The molecular weight excluding hydrogens is 262 g/mol. The number of benzene rings is 1. The predicted molar refractivity (Wildman–Crippen MR) is 76.0 cm³/mol. The summed E-state index contributed by atoms with van der Waals surface area (Å²) < 4.78 is 11.3. The molecule has 1 saturated heterocycles. The van der Waals surface area contributed by atoms with Gasteiger partial charge in [-0.15, -0.1) is 0 Å². The smallest absolute Gasteiger partial charge is 0.127 e. The Morgan fingerprint density at radius 3 is 2.84 bits per heavy atom. The van der Waals surface area contributed by atoms with Crippen molar-refractivity contribution in [3.63, 3.8) is 0 Å². The molecule has 1 aromatic rings. The van der Waals surface area contributed by atoms with Gasteiger partial charge in [0, 0.05) is 16.8 Å². The Labute approximate surface area is 117 Å². The lowest BCUT2D eigenvalue weighted by Crippen LogP contribution is -2.10. The Balaban J connectivity index is 1.82. The number of methoxy groups -OCH3 is 1. The molecule has 0 aromatic heterocycles. The van der Waals surface area contributed by atoms with E-state index in [-0.39, 0.29) is 12.2 Å². The zero-order valence-electron chi connectivity index (χ0n) is 11.0. The van der Waals surface area contributed by atoms with E-state index in [4.69, 9.17) is 21.1 Å². The van der Waals surface area contributed by atoms with Crippen molar-refractivity contribution in [1.29, 1.82) is 0 Å². The first-order valence-electron chi connectivity index (χ1n) is 6.41. The van der Waals surface area contributed by atoms with E-state index in [0.29, 0.717) is 0 Å². The minimum Gasteiger partial charge on any atom is -0.496 e. The summed E-state index contributed by atoms with van der Waals surface area (Å²) in [6, 6.07) is 6.13. The van der Waals surface area contributed by atoms with E-state index in [2.05, 4.69) is 11.1 Å². The summed E-state index contributed by atoms with van der Waals surface area (Å²) in [5.74, 6) is 0.917. The molecule has 0 amide bonds. The van der Waals surface area contributed by atoms with Crippen LogP contribution in [0.1, 0.15) is 30.1 Å². The largest absolute Gasteiger partial charge is 0.496 e. The van der Waals surface area contributed by atoms with E-state index < -0.39 is 0 Å². The van der Waals surface area contributed by atoms with Gasteiger partial charge in [0.25, 0.3) is 0 Å². The molecule has 19 heavy (non-hydrogen) atoms. The zero-order valence-corrected chi connectivity index (χ0v) is 11.8. The summed E-state index contributed by atoms with van der Waals surface area (Å²) in [5.41, 5.74) is 3.32. The molecule has 3 nitrogen and oxygen atoms in total. The van der Waals surface area contributed by atoms with Crippen molar-refractivity contribution in [2.75, 3.05) is 7.11 Å². The molecule has 3 rings (SSSR count). The molecule has 100 valence electrons. The lowest BCUT2D eigenvalue weighted by molar-refractivity contribution is 0.375. The number of allylic oxidation sites excluding steroid dienone is 1. The number of rotatable bonds is 3. The Hall–Kier alpha value is -1.32. The van der Waals surface area contributed by atoms with Gasteiger partial charge in [0.05, 0.1) is 12.8 Å². The average molecular weight is 278 g/mol. The highest BCUT2D eigenvalue weighted by Crippen LogP contribution is 2.45. The third kappa shape index (κ3) is 2.40. The van der Waals surface area contributed by atoms with Crippen molar-refractivity contribution in [1.82, 2.24) is 0 Å². The van der Waals surface area contributed by atoms with Crippen LogP contribution in [-0.4, -0.2) is 18.9 Å². The van der Waals surface area contributed by atoms with Gasteiger partial charge >= 0.3 is 0 Å². The van der Waals surface area contributed by atoms with Crippen LogP contribution >= 0.6 is 11.6 Å². The maximum Gasteiger partial charge on any atom is 0.127 e. The summed E-state index contributed by atoms with van der Waals surface area (Å²) in [5, 5.41) is 0.814. The molecule has 2 unspecified atom stereocenters. The molecule has 0 aliphatic carbocycles. The molecule has 1 fully saturated rings. The molecule has 0 N–H and O–H groups in total. The number of halogens is 1. The standard InChI is InChI=1S/C15H16ClNO2/c1-9-4-3-5-11(13(9)18-2)14-15(19-14)12-7-6-10(16)8-17-12/h3-5,8,14-15H,6-7H2,1-2H3. The van der Waals surface area contributed by atoms with E-state index in [0.717, 1.165) is 40.5 Å². The number of para-hydroxylation sites is 1. The summed E-state index contributed by atoms with van der Waals surface area (Å²) in [7, 11) is 1.70. The topological polar surface area (TPSA) is 34.1 Å². The molecule has 2 heterocycles. The third-order valence-electron chi connectivity index (χ3n) is 3.56. The normalized spacial score (nSPS) is 25.6. The van der Waals surface area contributed by atoms with Gasteiger partial charge in [-0.3, -0.25) is 4.99 Å². The second-order valence-corrected chi connectivity index (χ2v) is 5.36. The lowest BCUT2D eigenvalue weighted by Gasteiger charge is -2.10. The molecule has 0 saturated carbocycles. The van der Waals surface area contributed by atoms with Crippen molar-refractivity contribution in [2.45, 2.75) is 32.0 Å².